The van der Waals surface area contributed by atoms with Crippen LogP contribution in [0.3, 0.4) is 0 Å². The van der Waals surface area contributed by atoms with Crippen LogP contribution in [0.25, 0.3) is 82.2 Å². The van der Waals surface area contributed by atoms with Gasteiger partial charge in [-0.3, -0.25) is 10.1 Å². The summed E-state index contributed by atoms with van der Waals surface area (Å²) in [5.74, 6) is 1.76. The number of para-hydroxylation sites is 1. The predicted octanol–water partition coefficient (Wildman–Crippen LogP) is 10.8. The molecule has 0 aliphatic heterocycles. The summed E-state index contributed by atoms with van der Waals surface area (Å²) in [7, 11) is 0. The van der Waals surface area contributed by atoms with Crippen LogP contribution < -0.4 is 0 Å². The molecule has 0 atom stereocenters. The number of nitro groups is 1. The molecule has 0 aliphatic rings. The van der Waals surface area contributed by atoms with Gasteiger partial charge in [0, 0.05) is 43.4 Å². The van der Waals surface area contributed by atoms with E-state index in [0.717, 1.165) is 54.4 Å². The summed E-state index contributed by atoms with van der Waals surface area (Å²) >= 11 is 1.45. The van der Waals surface area contributed by atoms with E-state index in [2.05, 4.69) is 41.0 Å². The second kappa shape index (κ2) is 11.6. The fourth-order valence-electron chi connectivity index (χ4n) is 6.52. The van der Waals surface area contributed by atoms with Crippen LogP contribution in [0, 0.1) is 10.1 Å². The lowest BCUT2D eigenvalue weighted by molar-refractivity contribution is -0.382. The monoisotopic (exact) mass is 651 g/mol. The Morgan fingerprint density at radius 1 is 0.510 bits per heavy atom. The highest BCUT2D eigenvalue weighted by atomic mass is 32.1. The maximum atomic E-state index is 12.4. The first kappa shape index (κ1) is 28.7. The van der Waals surface area contributed by atoms with E-state index in [4.69, 9.17) is 15.0 Å². The summed E-state index contributed by atoms with van der Waals surface area (Å²) in [4.78, 5) is 27.5. The molecule has 0 fully saturated rings. The number of fused-ring (bicyclic) bond motifs is 4. The first-order valence-electron chi connectivity index (χ1n) is 15.8. The van der Waals surface area contributed by atoms with E-state index >= 15 is 0 Å². The van der Waals surface area contributed by atoms with Crippen molar-refractivity contribution in [3.05, 3.63) is 162 Å². The Kier molecular flexibility index (Phi) is 6.81. The lowest BCUT2D eigenvalue weighted by Gasteiger charge is -2.12. The van der Waals surface area contributed by atoms with Crippen molar-refractivity contribution < 1.29 is 4.92 Å². The second-order valence-electron chi connectivity index (χ2n) is 11.7. The molecule has 0 aliphatic carbocycles. The van der Waals surface area contributed by atoms with Crippen molar-refractivity contribution in [1.82, 2.24) is 19.5 Å². The molecule has 9 aromatic rings. The van der Waals surface area contributed by atoms with Crippen molar-refractivity contribution in [2.45, 2.75) is 0 Å². The minimum Gasteiger partial charge on any atom is -0.309 e. The third kappa shape index (κ3) is 4.94. The molecule has 0 amide bonds. The molecule has 0 unspecified atom stereocenters. The number of hydrogen-bond acceptors (Lipinski definition) is 6. The minimum atomic E-state index is -0.264. The highest BCUT2D eigenvalue weighted by Crippen LogP contribution is 2.45. The standard InChI is InChI=1S/C41H25N5O2S/c47-46(48)37-33-19-8-10-21-36(33)49-38(37)28-22-23-32-31-18-7-9-20-34(31)45(35(32)25-28)30-17-11-16-29(24-30)41-43-39(26-12-3-1-4-13-26)42-40(44-41)27-14-5-2-6-15-27/h1-25H. The fraction of sp³-hybridized carbons (Fsp3) is 0. The molecule has 232 valence electrons. The Bertz CT molecular complexity index is 2640. The Hall–Kier alpha value is -6.51. The molecule has 3 heterocycles. The van der Waals surface area contributed by atoms with Gasteiger partial charge < -0.3 is 4.57 Å². The first-order valence-corrected chi connectivity index (χ1v) is 16.6. The summed E-state index contributed by atoms with van der Waals surface area (Å²) < 4.78 is 3.11. The summed E-state index contributed by atoms with van der Waals surface area (Å²) in [5, 5.41) is 15.2. The fourth-order valence-corrected chi connectivity index (χ4v) is 7.69. The molecular weight excluding hydrogens is 627 g/mol. The molecule has 0 bridgehead atoms. The Morgan fingerprint density at radius 2 is 1.08 bits per heavy atom. The van der Waals surface area contributed by atoms with Crippen LogP contribution in [-0.2, 0) is 0 Å². The van der Waals surface area contributed by atoms with Crippen molar-refractivity contribution >= 4 is 48.9 Å². The number of thiophene rings is 1. The summed E-state index contributed by atoms with van der Waals surface area (Å²) in [6.07, 6.45) is 0. The average molecular weight is 652 g/mol. The van der Waals surface area contributed by atoms with Crippen molar-refractivity contribution in [3.8, 4) is 50.3 Å². The van der Waals surface area contributed by atoms with Crippen molar-refractivity contribution in [1.29, 1.82) is 0 Å². The van der Waals surface area contributed by atoms with Crippen LogP contribution in [0.2, 0.25) is 0 Å². The Morgan fingerprint density at radius 3 is 1.78 bits per heavy atom. The van der Waals surface area contributed by atoms with Gasteiger partial charge >= 0.3 is 0 Å². The van der Waals surface area contributed by atoms with Crippen LogP contribution in [0.1, 0.15) is 0 Å². The van der Waals surface area contributed by atoms with Crippen LogP contribution in [-0.4, -0.2) is 24.4 Å². The molecule has 0 N–H and O–H groups in total. The highest BCUT2D eigenvalue weighted by Gasteiger charge is 2.24. The molecule has 9 rings (SSSR count). The van der Waals surface area contributed by atoms with Gasteiger partial charge in [0.2, 0.25) is 0 Å². The quantitative estimate of drug-likeness (QED) is 0.132. The minimum absolute atomic E-state index is 0.142. The molecule has 0 saturated carbocycles. The maximum Gasteiger partial charge on any atom is 0.295 e. The van der Waals surface area contributed by atoms with E-state index in [1.807, 2.05) is 115 Å². The molecule has 0 saturated heterocycles. The summed E-state index contributed by atoms with van der Waals surface area (Å²) in [5.41, 5.74) is 6.51. The Balaban J connectivity index is 1.25. The number of benzene rings is 6. The molecule has 8 heteroatoms. The molecular formula is C41H25N5O2S. The van der Waals surface area contributed by atoms with Crippen molar-refractivity contribution in [2.75, 3.05) is 0 Å². The van der Waals surface area contributed by atoms with Gasteiger partial charge in [-0.1, -0.05) is 115 Å². The first-order chi connectivity index (χ1) is 24.1. The number of rotatable bonds is 6. The van der Waals surface area contributed by atoms with Gasteiger partial charge in [-0.25, -0.2) is 15.0 Å². The van der Waals surface area contributed by atoms with Crippen LogP contribution in [0.5, 0.6) is 0 Å². The third-order valence-corrected chi connectivity index (χ3v) is 9.96. The second-order valence-corrected chi connectivity index (χ2v) is 12.8. The van der Waals surface area contributed by atoms with Gasteiger partial charge in [0.05, 0.1) is 21.3 Å². The van der Waals surface area contributed by atoms with Gasteiger partial charge in [0.1, 0.15) is 4.88 Å². The molecule has 0 radical (unpaired) electrons. The third-order valence-electron chi connectivity index (χ3n) is 8.75. The van der Waals surface area contributed by atoms with Crippen LogP contribution >= 0.6 is 11.3 Å². The SMILES string of the molecule is O=[N+]([O-])c1c(-c2ccc3c4ccccc4n(-c4cccc(-c5nc(-c6ccccc6)nc(-c6ccccc6)n5)c4)c3c2)sc2ccccc12. The molecule has 3 aromatic heterocycles. The smallest absolute Gasteiger partial charge is 0.295 e. The molecule has 49 heavy (non-hydrogen) atoms. The zero-order valence-corrected chi connectivity index (χ0v) is 26.7. The van der Waals surface area contributed by atoms with Gasteiger partial charge in [0.25, 0.3) is 5.69 Å². The molecule has 0 spiro atoms. The average Bonchev–Trinajstić information content (AvgIpc) is 3.72. The maximum absolute atomic E-state index is 12.4. The molecule has 7 nitrogen and oxygen atoms in total. The normalized spacial score (nSPS) is 11.4. The predicted molar refractivity (Wildman–Crippen MR) is 198 cm³/mol. The van der Waals surface area contributed by atoms with Crippen molar-refractivity contribution in [2.24, 2.45) is 0 Å². The van der Waals surface area contributed by atoms with Crippen molar-refractivity contribution in [3.63, 3.8) is 0 Å². The summed E-state index contributed by atoms with van der Waals surface area (Å²) in [6.45, 7) is 0. The van der Waals surface area contributed by atoms with Gasteiger partial charge in [-0.15, -0.1) is 11.3 Å². The number of hydrogen-bond donors (Lipinski definition) is 0. The van der Waals surface area contributed by atoms with E-state index in [-0.39, 0.29) is 10.6 Å². The zero-order chi connectivity index (χ0) is 32.9. The van der Waals surface area contributed by atoms with E-state index in [0.29, 0.717) is 27.7 Å². The van der Waals surface area contributed by atoms with Crippen LogP contribution in [0.4, 0.5) is 5.69 Å². The van der Waals surface area contributed by atoms with E-state index in [1.54, 1.807) is 0 Å². The lowest BCUT2D eigenvalue weighted by Crippen LogP contribution is -2.01. The highest BCUT2D eigenvalue weighted by molar-refractivity contribution is 7.23. The van der Waals surface area contributed by atoms with Crippen LogP contribution in [0.15, 0.2) is 152 Å². The molecule has 6 aromatic carbocycles. The van der Waals surface area contributed by atoms with Gasteiger partial charge in [0.15, 0.2) is 17.5 Å². The number of nitrogens with zero attached hydrogens (tertiary/aromatic N) is 5. The van der Waals surface area contributed by atoms with Gasteiger partial charge in [-0.2, -0.15) is 0 Å². The van der Waals surface area contributed by atoms with E-state index < -0.39 is 0 Å². The number of aromatic nitrogens is 4. The van der Waals surface area contributed by atoms with E-state index in [9.17, 15) is 10.1 Å². The zero-order valence-electron chi connectivity index (χ0n) is 25.9. The topological polar surface area (TPSA) is 86.7 Å². The Labute approximate surface area is 284 Å². The van der Waals surface area contributed by atoms with E-state index in [1.165, 1.54) is 11.3 Å². The lowest BCUT2D eigenvalue weighted by atomic mass is 10.1. The largest absolute Gasteiger partial charge is 0.309 e. The van der Waals surface area contributed by atoms with Gasteiger partial charge in [-0.05, 0) is 36.4 Å². The summed E-state index contributed by atoms with van der Waals surface area (Å²) in [6, 6.07) is 50.0.